The second kappa shape index (κ2) is 42.4. The zero-order chi connectivity index (χ0) is 83.7. The Morgan fingerprint density at radius 3 is 1.31 bits per heavy atom. The summed E-state index contributed by atoms with van der Waals surface area (Å²) in [5.41, 5.74) is 22.1. The number of aliphatic imine (C=N–C) groups is 5. The summed E-state index contributed by atoms with van der Waals surface area (Å²) in [6, 6.07) is 68.8. The van der Waals surface area contributed by atoms with E-state index in [1.165, 1.54) is 29.3 Å². The number of hydrogen-bond acceptors (Lipinski definition) is 18. The topological polar surface area (TPSA) is 306 Å². The van der Waals surface area contributed by atoms with E-state index in [0.29, 0.717) is 84.1 Å². The number of carboxylic acids is 1. The van der Waals surface area contributed by atoms with Gasteiger partial charge in [0.25, 0.3) is 5.91 Å². The number of methoxy groups -OCH3 is 2. The highest BCUT2D eigenvalue weighted by Crippen LogP contribution is 2.33. The number of aliphatic hydroxyl groups is 2. The standard InChI is InChI=1S/C24H21FN2O3.C17H14FNO2.C15H10FNO2.C9H11BO4.C9H13NO2.C8H5BrFN.C8H6BrN/c1-30-20-7-3-5-17(11-20)22(14-28)27-24(29)18-6-2-4-15(10-18)16-8-9-19-13-26-23(25)21(19)12-16;1-2-21-17(20)13-5-3-4-11(8-13)12-6-7-14-10-19-16(18)15(14)9-12;16-14-13-7-10(4-5-12(13)8-17-14)9-2-1-3-11(6-9)15(18)19;1-2-14-9(11)7-4-3-5-8(6-7)10(12)13;1-12-8-4-2-3-7(5-8)9(10)6-11;9-6-2-1-5-4-11-8(10)7(5)3-6;9-8-2-1-6-4-10-5-7(6)3-8/h2-12,22,28H,13-14H2,1H3,(H,27,29);3-9H,2,10H2,1H3;1-7H,8H2,(H,18,19);3-6,12-13H,2H2,1H3;2-5,9,11H,6,10H2,1H3;1-3H,4H2;1-3,5H,4H2. The van der Waals surface area contributed by atoms with Gasteiger partial charge < -0.3 is 55.4 Å². The SMILES string of the molecule is Brc1ccc2c(c1)C=NC2.CCOC(=O)c1cccc(-c2ccc3c(c2)C(F)=NC3)c1.CCOC(=O)c1cccc(B(O)O)c1.COc1cccc(C(CO)NC(=O)c2cccc(-c3ccc4c(c3)C(F)=NC4)c2)c1.COc1cccc(C(N)CO)c1.FC1=NCc2ccc(Br)cc21.O=C(O)c1cccc(-c2ccc3c(c2)C(F)=NC3)c1. The van der Waals surface area contributed by atoms with E-state index in [1.807, 2.05) is 103 Å². The van der Waals surface area contributed by atoms with Gasteiger partial charge in [0.05, 0.1) is 102 Å². The largest absolute Gasteiger partial charge is 0.497 e. The van der Waals surface area contributed by atoms with Crippen molar-refractivity contribution in [3.8, 4) is 44.9 Å². The van der Waals surface area contributed by atoms with Gasteiger partial charge in [0.15, 0.2) is 0 Å². The van der Waals surface area contributed by atoms with Crippen molar-refractivity contribution in [2.24, 2.45) is 30.7 Å². The minimum absolute atomic E-state index is 0.0484. The molecule has 0 bridgehead atoms. The summed E-state index contributed by atoms with van der Waals surface area (Å²) in [7, 11) is 1.60. The fourth-order valence-corrected chi connectivity index (χ4v) is 13.0. The lowest BCUT2D eigenvalue weighted by Gasteiger charge is -2.18. The van der Waals surface area contributed by atoms with Gasteiger partial charge in [-0.25, -0.2) is 14.4 Å². The van der Waals surface area contributed by atoms with Gasteiger partial charge in [0, 0.05) is 43.0 Å². The highest BCUT2D eigenvalue weighted by molar-refractivity contribution is 9.10. The fraction of sp³-hybridized carbons (Fsp3) is 0.167. The average molecular weight is 1710 g/mol. The summed E-state index contributed by atoms with van der Waals surface area (Å²) < 4.78 is 75.8. The molecule has 27 heteroatoms. The number of esters is 2. The number of nitrogens with two attached hydrogens (primary N) is 1. The number of halogens is 6. The molecule has 5 aliphatic rings. The van der Waals surface area contributed by atoms with Crippen LogP contribution in [0.2, 0.25) is 0 Å². The quantitative estimate of drug-likeness (QED) is 0.0253. The molecule has 0 saturated heterocycles. The molecule has 20 nitrogen and oxygen atoms in total. The van der Waals surface area contributed by atoms with Gasteiger partial charge in [-0.1, -0.05) is 153 Å². The molecule has 2 unspecified atom stereocenters. The van der Waals surface area contributed by atoms with Crippen LogP contribution < -0.4 is 26.0 Å². The first-order chi connectivity index (χ1) is 56.5. The van der Waals surface area contributed by atoms with Crippen LogP contribution in [0.3, 0.4) is 0 Å². The van der Waals surface area contributed by atoms with Crippen molar-refractivity contribution in [2.45, 2.75) is 58.7 Å². The summed E-state index contributed by atoms with van der Waals surface area (Å²) >= 11 is 6.67. The lowest BCUT2D eigenvalue weighted by molar-refractivity contribution is 0.0517. The minimum Gasteiger partial charge on any atom is -0.497 e. The second-order valence-corrected chi connectivity index (χ2v) is 28.0. The fourth-order valence-electron chi connectivity index (χ4n) is 12.2. The van der Waals surface area contributed by atoms with E-state index in [-0.39, 0.29) is 48.1 Å². The summed E-state index contributed by atoms with van der Waals surface area (Å²) in [4.78, 5) is 65.9. The molecule has 0 saturated carbocycles. The maximum absolute atomic E-state index is 13.9. The number of rotatable bonds is 17. The Morgan fingerprint density at radius 2 is 0.846 bits per heavy atom. The van der Waals surface area contributed by atoms with Crippen LogP contribution >= 0.6 is 31.9 Å². The molecular weight excluding hydrogens is 1630 g/mol. The van der Waals surface area contributed by atoms with E-state index in [2.05, 4.69) is 74.3 Å². The monoisotopic (exact) mass is 1710 g/mol. The lowest BCUT2D eigenvalue weighted by Crippen LogP contribution is -2.30. The van der Waals surface area contributed by atoms with Crippen molar-refractivity contribution in [1.82, 2.24) is 5.32 Å². The molecule has 5 aliphatic heterocycles. The van der Waals surface area contributed by atoms with Crippen LogP contribution in [0.4, 0.5) is 17.6 Å². The van der Waals surface area contributed by atoms with Crippen LogP contribution in [-0.2, 0) is 42.2 Å². The van der Waals surface area contributed by atoms with E-state index in [1.54, 1.807) is 137 Å². The molecule has 1 amide bonds. The molecule has 11 aromatic carbocycles. The van der Waals surface area contributed by atoms with Gasteiger partial charge in [0.1, 0.15) is 11.5 Å². The Hall–Kier alpha value is -12.2. The van der Waals surface area contributed by atoms with Crippen LogP contribution in [0.15, 0.2) is 270 Å². The third-order valence-corrected chi connectivity index (χ3v) is 19.4. The van der Waals surface area contributed by atoms with E-state index in [9.17, 15) is 41.8 Å². The highest BCUT2D eigenvalue weighted by atomic mass is 79.9. The Balaban J connectivity index is 0.000000149. The number of carbonyl (C=O) groups is 4. The van der Waals surface area contributed by atoms with Gasteiger partial charge in [0.2, 0.25) is 23.9 Å². The first-order valence-corrected chi connectivity index (χ1v) is 38.2. The molecule has 0 spiro atoms. The molecule has 5 heterocycles. The molecule has 0 aliphatic carbocycles. The molecule has 0 fully saturated rings. The number of nitrogens with one attached hydrogen (secondary N) is 1. The zero-order valence-corrected chi connectivity index (χ0v) is 66.9. The minimum atomic E-state index is -1.57. The van der Waals surface area contributed by atoms with E-state index >= 15 is 0 Å². The lowest BCUT2D eigenvalue weighted by atomic mass is 9.80. The third kappa shape index (κ3) is 23.8. The number of carboxylic acid groups (broad SMARTS) is 1. The number of fused-ring (bicyclic) bond motifs is 5. The molecular formula is C90H80BBr2F4N7O13. The van der Waals surface area contributed by atoms with Crippen LogP contribution in [0, 0.1) is 0 Å². The van der Waals surface area contributed by atoms with E-state index < -0.39 is 43.0 Å². The average Bonchev–Trinajstić information content (AvgIpc) is 1.72. The van der Waals surface area contributed by atoms with Gasteiger partial charge >= 0.3 is 25.0 Å². The Morgan fingerprint density at radius 1 is 0.453 bits per heavy atom. The third-order valence-electron chi connectivity index (χ3n) is 18.4. The Labute approximate surface area is 689 Å². The van der Waals surface area contributed by atoms with Gasteiger partial charge in [-0.3, -0.25) is 29.8 Å². The van der Waals surface area contributed by atoms with Crippen molar-refractivity contribution in [2.75, 3.05) is 40.6 Å². The number of nitrogens with zero attached hydrogens (tertiary/aromatic N) is 5. The normalized spacial score (nSPS) is 12.8. The summed E-state index contributed by atoms with van der Waals surface area (Å²) in [6.45, 7) is 6.27. The maximum Gasteiger partial charge on any atom is 0.488 e. The maximum atomic E-state index is 13.9. The summed E-state index contributed by atoms with van der Waals surface area (Å²) in [5.74, 6) is -2.37. The first-order valence-electron chi connectivity index (χ1n) is 36.7. The Kier molecular flexibility index (Phi) is 31.6. The van der Waals surface area contributed by atoms with Crippen LogP contribution in [0.1, 0.15) is 134 Å². The predicted octanol–water partition coefficient (Wildman–Crippen LogP) is 16.4. The second-order valence-electron chi connectivity index (χ2n) is 26.2. The van der Waals surface area contributed by atoms with Crippen molar-refractivity contribution >= 4 is 98.3 Å². The molecule has 16 rings (SSSR count). The van der Waals surface area contributed by atoms with Crippen molar-refractivity contribution < 1.29 is 81.1 Å². The molecule has 598 valence electrons. The van der Waals surface area contributed by atoms with Crippen molar-refractivity contribution in [3.05, 3.63) is 335 Å². The number of carbonyl (C=O) groups excluding carboxylic acids is 3. The molecule has 0 aromatic heterocycles. The predicted molar refractivity (Wildman–Crippen MR) is 453 cm³/mol. The molecule has 11 aromatic rings. The van der Waals surface area contributed by atoms with E-state index in [4.69, 9.17) is 44.9 Å². The molecule has 2 atom stereocenters. The van der Waals surface area contributed by atoms with Crippen molar-refractivity contribution in [3.63, 3.8) is 0 Å². The number of aromatic carboxylic acids is 1. The van der Waals surface area contributed by atoms with Crippen molar-refractivity contribution in [1.29, 1.82) is 0 Å². The number of benzene rings is 11. The van der Waals surface area contributed by atoms with Gasteiger partial charge in [-0.15, -0.1) is 0 Å². The Bertz CT molecular complexity index is 5590. The highest BCUT2D eigenvalue weighted by Gasteiger charge is 2.23. The van der Waals surface area contributed by atoms with Crippen LogP contribution in [0.5, 0.6) is 11.5 Å². The smallest absolute Gasteiger partial charge is 0.488 e. The number of amides is 1. The number of aliphatic hydroxyl groups excluding tert-OH is 2. The van der Waals surface area contributed by atoms with Gasteiger partial charge in [-0.05, 0) is 212 Å². The summed E-state index contributed by atoms with van der Waals surface area (Å²) in [5, 5.41) is 48.1. The van der Waals surface area contributed by atoms with Gasteiger partial charge in [-0.2, -0.15) is 17.6 Å². The summed E-state index contributed by atoms with van der Waals surface area (Å²) in [6.07, 6.45) is 1.92. The molecule has 117 heavy (non-hydrogen) atoms. The van der Waals surface area contributed by atoms with Crippen LogP contribution in [-0.4, -0.2) is 127 Å². The number of ether oxygens (including phenoxy) is 4. The first kappa shape index (κ1) is 87.2. The number of hydrogen-bond donors (Lipinski definition) is 7. The molecule has 8 N–H and O–H groups in total. The molecule has 0 radical (unpaired) electrons. The van der Waals surface area contributed by atoms with E-state index in [0.717, 1.165) is 88.0 Å². The zero-order valence-electron chi connectivity index (χ0n) is 63.8. The van der Waals surface area contributed by atoms with Crippen LogP contribution in [0.25, 0.3) is 33.4 Å².